The van der Waals surface area contributed by atoms with E-state index in [9.17, 15) is 9.59 Å². The molecule has 2 N–H and O–H groups in total. The quantitative estimate of drug-likeness (QED) is 0.734. The van der Waals surface area contributed by atoms with Crippen molar-refractivity contribution in [1.82, 2.24) is 9.97 Å². The average Bonchev–Trinajstić information content (AvgIpc) is 2.34. The fourth-order valence-corrected chi connectivity index (χ4v) is 2.08. The van der Waals surface area contributed by atoms with E-state index in [1.54, 1.807) is 6.07 Å². The van der Waals surface area contributed by atoms with Gasteiger partial charge in [-0.25, -0.2) is 4.98 Å². The average molecular weight is 420 g/mol. The number of amides is 1. The number of carbonyl (C=O) groups excluding carboxylic acids is 1. The largest absolute Gasteiger partial charge is 0.325 e. The lowest BCUT2D eigenvalue weighted by atomic mass is 10.3. The van der Waals surface area contributed by atoms with E-state index in [0.717, 1.165) is 14.2 Å². The van der Waals surface area contributed by atoms with Crippen LogP contribution in [-0.4, -0.2) is 15.9 Å². The molecule has 0 atom stereocenters. The van der Waals surface area contributed by atoms with Crippen LogP contribution >= 0.6 is 38.5 Å². The number of nitrogens with zero attached hydrogens (tertiary/aromatic N) is 1. The minimum absolute atomic E-state index is 0.158. The number of H-pyrrole nitrogens is 1. The molecule has 5 nitrogen and oxygen atoms in total. The molecule has 0 saturated carbocycles. The van der Waals surface area contributed by atoms with Crippen molar-refractivity contribution in [2.24, 2.45) is 0 Å². The molecule has 0 aliphatic rings. The Kier molecular flexibility index (Phi) is 4.12. The van der Waals surface area contributed by atoms with Gasteiger partial charge in [0.1, 0.15) is 5.69 Å². The third-order valence-corrected chi connectivity index (χ3v) is 3.52. The zero-order valence-corrected chi connectivity index (χ0v) is 12.6. The van der Waals surface area contributed by atoms with Gasteiger partial charge in [0.15, 0.2) is 0 Å². The van der Waals surface area contributed by atoms with Crippen molar-refractivity contribution in [3.63, 3.8) is 0 Å². The predicted molar refractivity (Wildman–Crippen MR) is 79.7 cm³/mol. The van der Waals surface area contributed by atoms with Crippen molar-refractivity contribution in [3.8, 4) is 0 Å². The standard InChI is InChI=1S/C11H7BrIN3O2/c12-6-1-2-7(13)8(3-6)16-11(18)9-4-15-10(17)5-14-9/h1-5H,(H,15,17)(H,16,18). The van der Waals surface area contributed by atoms with Crippen LogP contribution in [0.3, 0.4) is 0 Å². The summed E-state index contributed by atoms with van der Waals surface area (Å²) in [6.45, 7) is 0. The maximum absolute atomic E-state index is 11.9. The summed E-state index contributed by atoms with van der Waals surface area (Å²) < 4.78 is 1.78. The van der Waals surface area contributed by atoms with Gasteiger partial charge in [-0.2, -0.15) is 0 Å². The topological polar surface area (TPSA) is 74.8 Å². The highest BCUT2D eigenvalue weighted by Crippen LogP contribution is 2.23. The number of aromatic nitrogens is 2. The van der Waals surface area contributed by atoms with Gasteiger partial charge in [-0.05, 0) is 40.8 Å². The number of nitrogens with one attached hydrogen (secondary N) is 2. The number of halogens is 2. The van der Waals surface area contributed by atoms with Gasteiger partial charge < -0.3 is 10.3 Å². The molecule has 1 amide bonds. The summed E-state index contributed by atoms with van der Waals surface area (Å²) in [4.78, 5) is 28.9. The lowest BCUT2D eigenvalue weighted by molar-refractivity contribution is 0.102. The Bertz CT molecular complexity index is 636. The van der Waals surface area contributed by atoms with Gasteiger partial charge in [0.05, 0.1) is 11.9 Å². The first-order valence-electron chi connectivity index (χ1n) is 4.87. The van der Waals surface area contributed by atoms with Gasteiger partial charge in [-0.15, -0.1) is 0 Å². The molecule has 1 aromatic heterocycles. The van der Waals surface area contributed by atoms with Crippen LogP contribution in [-0.2, 0) is 0 Å². The highest BCUT2D eigenvalue weighted by atomic mass is 127. The van der Waals surface area contributed by atoms with E-state index in [-0.39, 0.29) is 17.2 Å². The van der Waals surface area contributed by atoms with Crippen LogP contribution in [0.4, 0.5) is 5.69 Å². The molecule has 2 aromatic rings. The Hall–Kier alpha value is -1.22. The summed E-state index contributed by atoms with van der Waals surface area (Å²) in [5.41, 5.74) is 0.497. The number of hydrogen-bond acceptors (Lipinski definition) is 3. The molecule has 0 fully saturated rings. The van der Waals surface area contributed by atoms with Crippen molar-refractivity contribution in [1.29, 1.82) is 0 Å². The van der Waals surface area contributed by atoms with Crippen molar-refractivity contribution in [3.05, 3.63) is 54.7 Å². The number of carbonyl (C=O) groups is 1. The summed E-state index contributed by atoms with van der Waals surface area (Å²) in [6.07, 6.45) is 2.35. The minimum atomic E-state index is -0.373. The molecule has 18 heavy (non-hydrogen) atoms. The van der Waals surface area contributed by atoms with E-state index < -0.39 is 0 Å². The van der Waals surface area contributed by atoms with Gasteiger partial charge >= 0.3 is 0 Å². The smallest absolute Gasteiger partial charge is 0.275 e. The fourth-order valence-electron chi connectivity index (χ4n) is 1.25. The first kappa shape index (κ1) is 13.2. The molecule has 7 heteroatoms. The second-order valence-corrected chi connectivity index (χ2v) is 5.45. The number of hydrogen-bond donors (Lipinski definition) is 2. The lowest BCUT2D eigenvalue weighted by Crippen LogP contribution is -2.17. The van der Waals surface area contributed by atoms with Crippen molar-refractivity contribution >= 4 is 50.1 Å². The molecule has 92 valence electrons. The Morgan fingerprint density at radius 3 is 2.89 bits per heavy atom. The Labute approximate surface area is 124 Å². The van der Waals surface area contributed by atoms with Gasteiger partial charge in [-0.3, -0.25) is 9.59 Å². The van der Waals surface area contributed by atoms with Crippen LogP contribution in [0.15, 0.2) is 39.9 Å². The zero-order chi connectivity index (χ0) is 13.1. The molecule has 1 heterocycles. The molecule has 0 spiro atoms. The minimum Gasteiger partial charge on any atom is -0.325 e. The van der Waals surface area contributed by atoms with Gasteiger partial charge in [0.25, 0.3) is 11.5 Å². The van der Waals surface area contributed by atoms with Crippen molar-refractivity contribution in [2.75, 3.05) is 5.32 Å². The van der Waals surface area contributed by atoms with Crippen LogP contribution in [0.5, 0.6) is 0 Å². The Morgan fingerprint density at radius 1 is 1.44 bits per heavy atom. The van der Waals surface area contributed by atoms with Crippen LogP contribution in [0.1, 0.15) is 10.5 Å². The summed E-state index contributed by atoms with van der Waals surface area (Å²) >= 11 is 5.46. The normalized spacial score (nSPS) is 10.1. The van der Waals surface area contributed by atoms with E-state index in [1.807, 2.05) is 12.1 Å². The van der Waals surface area contributed by atoms with Gasteiger partial charge in [-0.1, -0.05) is 15.9 Å². The van der Waals surface area contributed by atoms with E-state index in [4.69, 9.17) is 0 Å². The van der Waals surface area contributed by atoms with E-state index in [2.05, 4.69) is 53.8 Å². The van der Waals surface area contributed by atoms with Crippen molar-refractivity contribution < 1.29 is 4.79 Å². The number of rotatable bonds is 2. The third kappa shape index (κ3) is 3.16. The predicted octanol–water partition coefficient (Wildman–Crippen LogP) is 2.39. The first-order valence-corrected chi connectivity index (χ1v) is 6.74. The summed E-state index contributed by atoms with van der Waals surface area (Å²) in [6, 6.07) is 5.56. The number of benzene rings is 1. The highest BCUT2D eigenvalue weighted by Gasteiger charge is 2.09. The van der Waals surface area contributed by atoms with Crippen LogP contribution in [0.2, 0.25) is 0 Å². The number of aromatic amines is 1. The maximum atomic E-state index is 11.9. The molecule has 0 saturated heterocycles. The lowest BCUT2D eigenvalue weighted by Gasteiger charge is -2.07. The molecule has 0 aliphatic heterocycles. The molecular weight excluding hydrogens is 413 g/mol. The highest BCUT2D eigenvalue weighted by molar-refractivity contribution is 14.1. The van der Waals surface area contributed by atoms with E-state index in [1.165, 1.54) is 6.20 Å². The first-order chi connectivity index (χ1) is 8.56. The zero-order valence-electron chi connectivity index (χ0n) is 8.91. The third-order valence-electron chi connectivity index (χ3n) is 2.08. The summed E-state index contributed by atoms with van der Waals surface area (Å²) in [5, 5.41) is 2.73. The van der Waals surface area contributed by atoms with E-state index in [0.29, 0.717) is 5.69 Å². The van der Waals surface area contributed by atoms with Crippen LogP contribution < -0.4 is 10.9 Å². The molecule has 0 unspecified atom stereocenters. The molecule has 0 radical (unpaired) electrons. The summed E-state index contributed by atoms with van der Waals surface area (Å²) in [7, 11) is 0. The van der Waals surface area contributed by atoms with Gasteiger partial charge in [0, 0.05) is 14.2 Å². The molecular formula is C11H7BrIN3O2. The van der Waals surface area contributed by atoms with Crippen molar-refractivity contribution in [2.45, 2.75) is 0 Å². The Morgan fingerprint density at radius 2 is 2.22 bits per heavy atom. The maximum Gasteiger partial charge on any atom is 0.275 e. The molecule has 2 rings (SSSR count). The monoisotopic (exact) mass is 419 g/mol. The molecule has 0 aliphatic carbocycles. The SMILES string of the molecule is O=C(Nc1cc(Br)ccc1I)c1c[nH]c(=O)cn1. The van der Waals surface area contributed by atoms with Crippen LogP contribution in [0.25, 0.3) is 0 Å². The molecule has 1 aromatic carbocycles. The Balaban J connectivity index is 2.23. The van der Waals surface area contributed by atoms with Gasteiger partial charge in [0.2, 0.25) is 0 Å². The van der Waals surface area contributed by atoms with Crippen LogP contribution in [0, 0.1) is 3.57 Å². The molecule has 0 bridgehead atoms. The summed E-state index contributed by atoms with van der Waals surface area (Å²) in [5.74, 6) is -0.373. The fraction of sp³-hybridized carbons (Fsp3) is 0. The second-order valence-electron chi connectivity index (χ2n) is 3.37. The van der Waals surface area contributed by atoms with E-state index >= 15 is 0 Å². The number of anilines is 1. The second kappa shape index (κ2) is 5.61.